The van der Waals surface area contributed by atoms with Crippen molar-refractivity contribution in [2.24, 2.45) is 0 Å². The van der Waals surface area contributed by atoms with Gasteiger partial charge in [-0.1, -0.05) is 23.2 Å². The van der Waals surface area contributed by atoms with E-state index in [2.05, 4.69) is 4.98 Å². The van der Waals surface area contributed by atoms with Crippen molar-refractivity contribution < 1.29 is 0 Å². The third kappa shape index (κ3) is 1.30. The number of hydrogen-bond acceptors (Lipinski definition) is 2. The molecule has 1 aromatic carbocycles. The lowest BCUT2D eigenvalue weighted by Gasteiger charge is -2.10. The van der Waals surface area contributed by atoms with Gasteiger partial charge >= 0.3 is 0 Å². The minimum absolute atomic E-state index is 0.612. The number of pyridine rings is 1. The van der Waals surface area contributed by atoms with Crippen molar-refractivity contribution in [3.63, 3.8) is 0 Å². The highest BCUT2D eigenvalue weighted by Gasteiger charge is 2.20. The number of halogens is 2. The summed E-state index contributed by atoms with van der Waals surface area (Å²) < 4.78 is 0. The molecule has 2 nitrogen and oxygen atoms in total. The summed E-state index contributed by atoms with van der Waals surface area (Å²) in [5, 5.41) is 2.04. The van der Waals surface area contributed by atoms with Crippen LogP contribution in [0.2, 0.25) is 10.0 Å². The van der Waals surface area contributed by atoms with Gasteiger partial charge in [0.25, 0.3) is 0 Å². The van der Waals surface area contributed by atoms with Gasteiger partial charge in [-0.2, -0.15) is 0 Å². The van der Waals surface area contributed by atoms with Gasteiger partial charge in [0.1, 0.15) is 0 Å². The molecule has 0 bridgehead atoms. The second-order valence-corrected chi connectivity index (χ2v) is 4.87. The van der Waals surface area contributed by atoms with Crippen molar-refractivity contribution in [3.05, 3.63) is 33.4 Å². The van der Waals surface area contributed by atoms with Gasteiger partial charge in [0.05, 0.1) is 15.6 Å². The quantitative estimate of drug-likeness (QED) is 0.778. The van der Waals surface area contributed by atoms with E-state index in [1.54, 1.807) is 12.1 Å². The van der Waals surface area contributed by atoms with Gasteiger partial charge in [0, 0.05) is 16.8 Å². The predicted molar refractivity (Wildman–Crippen MR) is 68.2 cm³/mol. The van der Waals surface area contributed by atoms with Gasteiger partial charge in [0.15, 0.2) is 0 Å². The Labute approximate surface area is 103 Å². The van der Waals surface area contributed by atoms with E-state index in [-0.39, 0.29) is 0 Å². The summed E-state index contributed by atoms with van der Waals surface area (Å²) in [7, 11) is 0. The Hall–Kier alpha value is -0.990. The number of aromatic nitrogens is 1. The molecule has 0 saturated carbocycles. The lowest BCUT2D eigenvalue weighted by Crippen LogP contribution is -1.99. The smallest absolute Gasteiger partial charge is 0.0927 e. The summed E-state index contributed by atoms with van der Waals surface area (Å²) in [6.07, 6.45) is 3.09. The number of fused-ring (bicyclic) bond motifs is 2. The standard InChI is InChI=1S/C12H10Cl2N2/c13-7-4-5-8(14)12-10(7)11(15)6-2-1-3-9(6)16-12/h4-5H,1-3H2,(H2,15,16). The molecule has 0 fully saturated rings. The molecule has 1 aliphatic carbocycles. The molecule has 0 atom stereocenters. The molecule has 82 valence electrons. The molecule has 1 aromatic heterocycles. The Balaban J connectivity index is 2.50. The summed E-state index contributed by atoms with van der Waals surface area (Å²) in [5.41, 5.74) is 9.87. The molecule has 3 rings (SSSR count). The zero-order chi connectivity index (χ0) is 11.3. The highest BCUT2D eigenvalue weighted by molar-refractivity contribution is 6.40. The number of nitrogen functional groups attached to an aromatic ring is 1. The van der Waals surface area contributed by atoms with Crippen LogP contribution in [-0.2, 0) is 12.8 Å². The maximum Gasteiger partial charge on any atom is 0.0927 e. The van der Waals surface area contributed by atoms with Gasteiger partial charge in [0.2, 0.25) is 0 Å². The molecule has 1 aliphatic rings. The lowest BCUT2D eigenvalue weighted by molar-refractivity contribution is 0.901. The molecule has 0 amide bonds. The molecule has 2 aromatic rings. The van der Waals surface area contributed by atoms with Crippen LogP contribution in [0, 0.1) is 0 Å². The minimum Gasteiger partial charge on any atom is -0.398 e. The first kappa shape index (κ1) is 10.2. The Morgan fingerprint density at radius 3 is 2.69 bits per heavy atom. The highest BCUT2D eigenvalue weighted by atomic mass is 35.5. The molecule has 2 N–H and O–H groups in total. The lowest BCUT2D eigenvalue weighted by atomic mass is 10.1. The second kappa shape index (κ2) is 3.51. The van der Waals surface area contributed by atoms with Crippen molar-refractivity contribution in [2.75, 3.05) is 5.73 Å². The first-order chi connectivity index (χ1) is 7.68. The van der Waals surface area contributed by atoms with Crippen LogP contribution in [0.15, 0.2) is 12.1 Å². The van der Waals surface area contributed by atoms with E-state index in [0.717, 1.165) is 47.1 Å². The van der Waals surface area contributed by atoms with Crippen LogP contribution in [0.4, 0.5) is 5.69 Å². The van der Waals surface area contributed by atoms with Crippen LogP contribution in [0.5, 0.6) is 0 Å². The van der Waals surface area contributed by atoms with Crippen molar-refractivity contribution in [1.29, 1.82) is 0 Å². The molecule has 0 saturated heterocycles. The third-order valence-corrected chi connectivity index (χ3v) is 3.73. The first-order valence-corrected chi connectivity index (χ1v) is 5.99. The van der Waals surface area contributed by atoms with Gasteiger partial charge in [-0.15, -0.1) is 0 Å². The van der Waals surface area contributed by atoms with Gasteiger partial charge in [-0.3, -0.25) is 4.98 Å². The summed E-state index contributed by atoms with van der Waals surface area (Å²) in [4.78, 5) is 4.58. The van der Waals surface area contributed by atoms with Gasteiger partial charge in [-0.05, 0) is 37.0 Å². The molecule has 16 heavy (non-hydrogen) atoms. The third-order valence-electron chi connectivity index (χ3n) is 3.11. The molecule has 4 heteroatoms. The van der Waals surface area contributed by atoms with Crippen molar-refractivity contribution in [1.82, 2.24) is 4.98 Å². The molecule has 0 aliphatic heterocycles. The molecular formula is C12H10Cl2N2. The summed E-state index contributed by atoms with van der Waals surface area (Å²) in [5.74, 6) is 0. The zero-order valence-corrected chi connectivity index (χ0v) is 10.1. The minimum atomic E-state index is 0.612. The second-order valence-electron chi connectivity index (χ2n) is 4.06. The van der Waals surface area contributed by atoms with Crippen LogP contribution in [0.3, 0.4) is 0 Å². The van der Waals surface area contributed by atoms with E-state index in [9.17, 15) is 0 Å². The number of nitrogens with zero attached hydrogens (tertiary/aromatic N) is 1. The number of hydrogen-bond donors (Lipinski definition) is 1. The summed E-state index contributed by atoms with van der Waals surface area (Å²) in [6, 6.07) is 3.53. The fraction of sp³-hybridized carbons (Fsp3) is 0.250. The predicted octanol–water partition coefficient (Wildman–Crippen LogP) is 3.61. The van der Waals surface area contributed by atoms with Crippen LogP contribution in [-0.4, -0.2) is 4.98 Å². The molecule has 0 spiro atoms. The molecule has 1 heterocycles. The summed E-state index contributed by atoms with van der Waals surface area (Å²) >= 11 is 12.3. The van der Waals surface area contributed by atoms with Crippen LogP contribution in [0.25, 0.3) is 10.9 Å². The van der Waals surface area contributed by atoms with E-state index >= 15 is 0 Å². The average molecular weight is 253 g/mol. The van der Waals surface area contributed by atoms with Crippen LogP contribution < -0.4 is 5.73 Å². The molecular weight excluding hydrogens is 243 g/mol. The first-order valence-electron chi connectivity index (χ1n) is 5.23. The Bertz CT molecular complexity index is 593. The average Bonchev–Trinajstić information content (AvgIpc) is 2.72. The SMILES string of the molecule is Nc1c2c(nc3c(Cl)ccc(Cl)c13)CCC2. The molecule has 0 radical (unpaired) electrons. The normalized spacial score (nSPS) is 14.4. The van der Waals surface area contributed by atoms with E-state index in [4.69, 9.17) is 28.9 Å². The molecule has 0 unspecified atom stereocenters. The number of anilines is 1. The largest absolute Gasteiger partial charge is 0.398 e. The Kier molecular flexibility index (Phi) is 2.23. The number of rotatable bonds is 0. The van der Waals surface area contributed by atoms with Crippen LogP contribution >= 0.6 is 23.2 Å². The zero-order valence-electron chi connectivity index (χ0n) is 8.56. The van der Waals surface area contributed by atoms with Crippen LogP contribution in [0.1, 0.15) is 17.7 Å². The number of nitrogens with two attached hydrogens (primary N) is 1. The maximum absolute atomic E-state index is 6.16. The summed E-state index contributed by atoms with van der Waals surface area (Å²) in [6.45, 7) is 0. The highest BCUT2D eigenvalue weighted by Crippen LogP contribution is 2.38. The van der Waals surface area contributed by atoms with E-state index in [1.807, 2.05) is 0 Å². The van der Waals surface area contributed by atoms with E-state index in [1.165, 1.54) is 0 Å². The topological polar surface area (TPSA) is 38.9 Å². The number of aryl methyl sites for hydroxylation is 1. The monoisotopic (exact) mass is 252 g/mol. The van der Waals surface area contributed by atoms with Gasteiger partial charge in [-0.25, -0.2) is 0 Å². The Morgan fingerprint density at radius 2 is 1.88 bits per heavy atom. The van der Waals surface area contributed by atoms with Crippen molar-refractivity contribution in [2.45, 2.75) is 19.3 Å². The number of benzene rings is 1. The maximum atomic E-state index is 6.16. The fourth-order valence-corrected chi connectivity index (χ4v) is 2.79. The van der Waals surface area contributed by atoms with Crippen molar-refractivity contribution in [3.8, 4) is 0 Å². The van der Waals surface area contributed by atoms with Gasteiger partial charge < -0.3 is 5.73 Å². The van der Waals surface area contributed by atoms with E-state index in [0.29, 0.717) is 10.0 Å². The van der Waals surface area contributed by atoms with E-state index < -0.39 is 0 Å². The fourth-order valence-electron chi connectivity index (χ4n) is 2.33. The Morgan fingerprint density at radius 1 is 1.12 bits per heavy atom. The van der Waals surface area contributed by atoms with Crippen molar-refractivity contribution >= 4 is 39.8 Å².